The first kappa shape index (κ1) is 20.4. The number of benzene rings is 3. The van der Waals surface area contributed by atoms with Crippen LogP contribution in [0.5, 0.6) is 0 Å². The third-order valence-corrected chi connectivity index (χ3v) is 5.15. The number of aliphatic hydroxyl groups excluding tert-OH is 1. The molecule has 3 amide bonds. The van der Waals surface area contributed by atoms with Gasteiger partial charge >= 0.3 is 0 Å². The summed E-state index contributed by atoms with van der Waals surface area (Å²) in [6, 6.07) is 18.6. The number of imide groups is 1. The summed E-state index contributed by atoms with van der Waals surface area (Å²) in [5, 5.41) is 12.8. The highest BCUT2D eigenvalue weighted by Crippen LogP contribution is 2.24. The summed E-state index contributed by atoms with van der Waals surface area (Å²) in [6.45, 7) is 0.0821. The molecule has 0 aliphatic carbocycles. The van der Waals surface area contributed by atoms with Gasteiger partial charge in [-0.05, 0) is 47.5 Å². The van der Waals surface area contributed by atoms with Gasteiger partial charge in [0.2, 0.25) is 0 Å². The number of amides is 3. The topological polar surface area (TPSA) is 86.7 Å². The molecule has 1 aliphatic heterocycles. The quantitative estimate of drug-likeness (QED) is 0.603. The minimum atomic E-state index is -0.961. The lowest BCUT2D eigenvalue weighted by Crippen LogP contribution is -2.29. The Morgan fingerprint density at radius 1 is 0.903 bits per heavy atom. The van der Waals surface area contributed by atoms with Crippen molar-refractivity contribution in [3.05, 3.63) is 106 Å². The van der Waals surface area contributed by atoms with Crippen LogP contribution in [0, 0.1) is 5.82 Å². The van der Waals surface area contributed by atoms with E-state index in [0.29, 0.717) is 27.8 Å². The minimum Gasteiger partial charge on any atom is -0.387 e. The predicted molar refractivity (Wildman–Crippen MR) is 111 cm³/mol. The standard InChI is InChI=1S/C24H19FN2O4/c25-18-11-9-16(10-12-18)21(28)13-26-22(29)17-7-5-15(6-8-17)14-27-23(30)19-3-1-2-4-20(19)24(27)31/h1-12,21,28H,13-14H2,(H,26,29). The molecule has 7 heteroatoms. The molecule has 1 atom stereocenters. The molecule has 6 nitrogen and oxygen atoms in total. The first-order chi connectivity index (χ1) is 14.9. The molecule has 3 aromatic carbocycles. The number of hydrogen-bond donors (Lipinski definition) is 2. The number of fused-ring (bicyclic) bond motifs is 1. The summed E-state index contributed by atoms with van der Waals surface area (Å²) >= 11 is 0. The Balaban J connectivity index is 1.36. The molecule has 3 aromatic rings. The van der Waals surface area contributed by atoms with E-state index in [1.54, 1.807) is 48.5 Å². The van der Waals surface area contributed by atoms with Crippen LogP contribution in [0.3, 0.4) is 0 Å². The molecular weight excluding hydrogens is 399 g/mol. The maximum Gasteiger partial charge on any atom is 0.261 e. The van der Waals surface area contributed by atoms with E-state index >= 15 is 0 Å². The lowest BCUT2D eigenvalue weighted by molar-refractivity contribution is 0.0641. The van der Waals surface area contributed by atoms with Gasteiger partial charge in [0.05, 0.1) is 23.8 Å². The number of nitrogens with one attached hydrogen (secondary N) is 1. The van der Waals surface area contributed by atoms with Crippen molar-refractivity contribution in [1.82, 2.24) is 10.2 Å². The van der Waals surface area contributed by atoms with E-state index in [2.05, 4.69) is 5.32 Å². The van der Waals surface area contributed by atoms with Crippen LogP contribution < -0.4 is 5.32 Å². The van der Waals surface area contributed by atoms with Gasteiger partial charge in [-0.15, -0.1) is 0 Å². The van der Waals surface area contributed by atoms with E-state index in [0.717, 1.165) is 0 Å². The summed E-state index contributed by atoms with van der Waals surface area (Å²) in [5.74, 6) is -1.45. The van der Waals surface area contributed by atoms with E-state index in [1.165, 1.54) is 29.2 Å². The van der Waals surface area contributed by atoms with Gasteiger partial charge in [-0.25, -0.2) is 4.39 Å². The average molecular weight is 418 g/mol. The van der Waals surface area contributed by atoms with Crippen molar-refractivity contribution in [2.45, 2.75) is 12.6 Å². The molecule has 0 saturated carbocycles. The number of carbonyl (C=O) groups excluding carboxylic acids is 3. The second-order valence-electron chi connectivity index (χ2n) is 7.22. The fourth-order valence-corrected chi connectivity index (χ4v) is 3.42. The average Bonchev–Trinajstić information content (AvgIpc) is 3.03. The number of rotatable bonds is 6. The largest absolute Gasteiger partial charge is 0.387 e. The molecule has 31 heavy (non-hydrogen) atoms. The van der Waals surface area contributed by atoms with E-state index in [-0.39, 0.29) is 30.8 Å². The van der Waals surface area contributed by atoms with Gasteiger partial charge < -0.3 is 10.4 Å². The van der Waals surface area contributed by atoms with Gasteiger partial charge in [0.25, 0.3) is 17.7 Å². The normalized spacial score (nSPS) is 13.8. The smallest absolute Gasteiger partial charge is 0.261 e. The molecule has 1 unspecified atom stereocenters. The van der Waals surface area contributed by atoms with Gasteiger partial charge in [0.1, 0.15) is 5.82 Å². The van der Waals surface area contributed by atoms with Crippen molar-refractivity contribution < 1.29 is 23.9 Å². The van der Waals surface area contributed by atoms with Gasteiger partial charge in [0.15, 0.2) is 0 Å². The third kappa shape index (κ3) is 4.22. The Morgan fingerprint density at radius 3 is 2.06 bits per heavy atom. The summed E-state index contributed by atoms with van der Waals surface area (Å²) in [6.07, 6.45) is -0.961. The Labute approximate surface area is 177 Å². The van der Waals surface area contributed by atoms with Gasteiger partial charge in [-0.2, -0.15) is 0 Å². The SMILES string of the molecule is O=C(NCC(O)c1ccc(F)cc1)c1ccc(CN2C(=O)c3ccccc3C2=O)cc1. The number of aliphatic hydroxyl groups is 1. The summed E-state index contributed by atoms with van der Waals surface area (Å²) < 4.78 is 13.0. The predicted octanol–water partition coefficient (Wildman–Crippen LogP) is 3.09. The van der Waals surface area contributed by atoms with Crippen LogP contribution in [-0.4, -0.2) is 34.3 Å². The highest BCUT2D eigenvalue weighted by Gasteiger charge is 2.34. The molecular formula is C24H19FN2O4. The van der Waals surface area contributed by atoms with E-state index < -0.39 is 11.9 Å². The number of nitrogens with zero attached hydrogens (tertiary/aromatic N) is 1. The zero-order valence-electron chi connectivity index (χ0n) is 16.4. The second kappa shape index (κ2) is 8.49. The number of halogens is 1. The van der Waals surface area contributed by atoms with Gasteiger partial charge in [-0.1, -0.05) is 36.4 Å². The Kier molecular flexibility index (Phi) is 5.60. The highest BCUT2D eigenvalue weighted by atomic mass is 19.1. The molecule has 0 radical (unpaired) electrons. The molecule has 2 N–H and O–H groups in total. The van der Waals surface area contributed by atoms with Crippen LogP contribution in [0.25, 0.3) is 0 Å². The zero-order valence-corrected chi connectivity index (χ0v) is 16.4. The molecule has 1 aliphatic rings. The maximum absolute atomic E-state index is 13.0. The van der Waals surface area contributed by atoms with Crippen LogP contribution in [0.2, 0.25) is 0 Å². The van der Waals surface area contributed by atoms with Crippen molar-refractivity contribution in [3.8, 4) is 0 Å². The molecule has 4 rings (SSSR count). The second-order valence-corrected chi connectivity index (χ2v) is 7.22. The maximum atomic E-state index is 13.0. The van der Waals surface area contributed by atoms with Gasteiger partial charge in [-0.3, -0.25) is 19.3 Å². The molecule has 0 fully saturated rings. The summed E-state index contributed by atoms with van der Waals surface area (Å²) in [4.78, 5) is 38.5. The van der Waals surface area contributed by atoms with Crippen molar-refractivity contribution >= 4 is 17.7 Å². The van der Waals surface area contributed by atoms with Crippen molar-refractivity contribution in [2.75, 3.05) is 6.54 Å². The molecule has 0 saturated heterocycles. The monoisotopic (exact) mass is 418 g/mol. The highest BCUT2D eigenvalue weighted by molar-refractivity contribution is 6.21. The van der Waals surface area contributed by atoms with Crippen molar-refractivity contribution in [3.63, 3.8) is 0 Å². The minimum absolute atomic E-state index is 0.0265. The van der Waals surface area contributed by atoms with Crippen LogP contribution >= 0.6 is 0 Å². The Bertz CT molecular complexity index is 1110. The first-order valence-corrected chi connectivity index (χ1v) is 9.70. The molecule has 1 heterocycles. The third-order valence-electron chi connectivity index (χ3n) is 5.15. The number of hydrogen-bond acceptors (Lipinski definition) is 4. The lowest BCUT2D eigenvalue weighted by atomic mass is 10.1. The van der Waals surface area contributed by atoms with Crippen molar-refractivity contribution in [1.29, 1.82) is 0 Å². The van der Waals surface area contributed by atoms with E-state index in [9.17, 15) is 23.9 Å². The van der Waals surface area contributed by atoms with Crippen molar-refractivity contribution in [2.24, 2.45) is 0 Å². The fourth-order valence-electron chi connectivity index (χ4n) is 3.42. The zero-order chi connectivity index (χ0) is 22.0. The molecule has 0 spiro atoms. The van der Waals surface area contributed by atoms with Crippen LogP contribution in [0.15, 0.2) is 72.8 Å². The lowest BCUT2D eigenvalue weighted by Gasteiger charge is -2.15. The molecule has 0 bridgehead atoms. The molecule has 156 valence electrons. The summed E-state index contributed by atoms with van der Waals surface area (Å²) in [5.41, 5.74) is 2.36. The Hall–Kier alpha value is -3.84. The Morgan fingerprint density at radius 2 is 1.48 bits per heavy atom. The first-order valence-electron chi connectivity index (χ1n) is 9.70. The van der Waals surface area contributed by atoms with E-state index in [1.807, 2.05) is 0 Å². The van der Waals surface area contributed by atoms with Gasteiger partial charge in [0, 0.05) is 12.1 Å². The number of carbonyl (C=O) groups is 3. The molecule has 0 aromatic heterocycles. The van der Waals surface area contributed by atoms with Crippen LogP contribution in [0.1, 0.15) is 48.3 Å². The van der Waals surface area contributed by atoms with Crippen LogP contribution in [0.4, 0.5) is 4.39 Å². The van der Waals surface area contributed by atoms with E-state index in [4.69, 9.17) is 0 Å². The summed E-state index contributed by atoms with van der Waals surface area (Å²) in [7, 11) is 0. The van der Waals surface area contributed by atoms with Crippen LogP contribution in [-0.2, 0) is 6.54 Å². The fraction of sp³-hybridized carbons (Fsp3) is 0.125.